The smallest absolute Gasteiger partial charge is 0.300 e. The van der Waals surface area contributed by atoms with Gasteiger partial charge in [0.05, 0.1) is 0 Å². The Morgan fingerprint density at radius 1 is 1.62 bits per heavy atom. The maximum atomic E-state index is 9.00. The van der Waals surface area contributed by atoms with E-state index in [1.165, 1.54) is 0 Å². The van der Waals surface area contributed by atoms with E-state index < -0.39 is 5.97 Å². The summed E-state index contributed by atoms with van der Waals surface area (Å²) >= 11 is 0. The van der Waals surface area contributed by atoms with Gasteiger partial charge in [0.2, 0.25) is 0 Å². The predicted octanol–water partition coefficient (Wildman–Crippen LogP) is 0.213. The van der Waals surface area contributed by atoms with Crippen LogP contribution >= 0.6 is 12.4 Å². The van der Waals surface area contributed by atoms with Gasteiger partial charge in [0.15, 0.2) is 0 Å². The zero-order valence-electron chi connectivity index (χ0n) is 4.20. The number of carboxylic acids is 1. The van der Waals surface area contributed by atoms with Gasteiger partial charge in [0.1, 0.15) is 0 Å². The van der Waals surface area contributed by atoms with Crippen LogP contribution in [0.2, 0.25) is 0 Å². The zero-order chi connectivity index (χ0) is 6.28. The minimum absolute atomic E-state index is 0. The molecule has 0 bridgehead atoms. The summed E-state index contributed by atoms with van der Waals surface area (Å²) in [4.78, 5) is 17.4. The molecule has 0 aliphatic heterocycles. The third-order valence-electron chi connectivity index (χ3n) is 0. The maximum Gasteiger partial charge on any atom is 0.300 e. The summed E-state index contributed by atoms with van der Waals surface area (Å²) in [6, 6.07) is 0. The Morgan fingerprint density at radius 2 is 1.62 bits per heavy atom. The Bertz CT molecular complexity index is 58.3. The van der Waals surface area contributed by atoms with Crippen molar-refractivity contribution >= 4 is 24.8 Å². The van der Waals surface area contributed by atoms with E-state index in [4.69, 9.17) is 19.8 Å². The van der Waals surface area contributed by atoms with Crippen LogP contribution in [0.25, 0.3) is 0 Å². The first-order valence-corrected chi connectivity index (χ1v) is 1.42. The fourth-order valence-electron chi connectivity index (χ4n) is 0. The summed E-state index contributed by atoms with van der Waals surface area (Å²) in [6.07, 6.45) is 0. The van der Waals surface area contributed by atoms with Gasteiger partial charge in [-0.05, 0) is 0 Å². The minimum Gasteiger partial charge on any atom is -0.483 e. The lowest BCUT2D eigenvalue weighted by atomic mass is 10.9. The lowest BCUT2D eigenvalue weighted by Crippen LogP contribution is -1.78. The van der Waals surface area contributed by atoms with Crippen LogP contribution < -0.4 is 0 Å². The van der Waals surface area contributed by atoms with Crippen LogP contribution in [0.5, 0.6) is 0 Å². The topological polar surface area (TPSA) is 74.6 Å². The molecule has 0 aromatic rings. The first kappa shape index (κ1) is 15.7. The minimum atomic E-state index is -0.833. The van der Waals surface area contributed by atoms with E-state index in [1.807, 2.05) is 0 Å². The molecule has 4 nitrogen and oxygen atoms in total. The number of halogens is 1. The summed E-state index contributed by atoms with van der Waals surface area (Å²) in [5.41, 5.74) is 0. The fraction of sp³-hybridized carbons (Fsp3) is 0.333. The molecule has 0 saturated heterocycles. The zero-order valence-corrected chi connectivity index (χ0v) is 5.01. The molecule has 5 heteroatoms. The van der Waals surface area contributed by atoms with E-state index in [0.717, 1.165) is 6.92 Å². The normalized spacial score (nSPS) is 4.62. The molecule has 0 saturated carbocycles. The van der Waals surface area contributed by atoms with Crippen LogP contribution in [0.4, 0.5) is 0 Å². The summed E-state index contributed by atoms with van der Waals surface area (Å²) in [5.74, 6) is -0.833. The molecule has 0 atom stereocenters. The summed E-state index contributed by atoms with van der Waals surface area (Å²) < 4.78 is 0. The monoisotopic (exact) mass is 142 g/mol. The third-order valence-corrected chi connectivity index (χ3v) is 0. The summed E-state index contributed by atoms with van der Waals surface area (Å²) in [6.45, 7) is 0.833. The molecule has 50 valence electrons. The van der Waals surface area contributed by atoms with Crippen molar-refractivity contribution in [2.75, 3.05) is 0 Å². The maximum absolute atomic E-state index is 9.00. The molecule has 0 aromatic heterocycles. The van der Waals surface area contributed by atoms with Crippen molar-refractivity contribution < 1.29 is 19.8 Å². The van der Waals surface area contributed by atoms with E-state index >= 15 is 0 Å². The lowest BCUT2D eigenvalue weighted by Gasteiger charge is -1.59. The van der Waals surface area contributed by atoms with Crippen molar-refractivity contribution in [3.63, 3.8) is 0 Å². The van der Waals surface area contributed by atoms with Crippen molar-refractivity contribution in [1.29, 1.82) is 0 Å². The quantitative estimate of drug-likeness (QED) is 0.475. The second-order valence-corrected chi connectivity index (χ2v) is 0.624. The van der Waals surface area contributed by atoms with E-state index in [9.17, 15) is 0 Å². The molecule has 0 spiro atoms. The molecule has 0 fully saturated rings. The summed E-state index contributed by atoms with van der Waals surface area (Å²) in [7, 11) is 0. The van der Waals surface area contributed by atoms with Gasteiger partial charge in [0, 0.05) is 6.92 Å². The number of aliphatic carboxylic acids is 1. The first-order valence-electron chi connectivity index (χ1n) is 1.42. The Morgan fingerprint density at radius 3 is 1.62 bits per heavy atom. The molecule has 0 rings (SSSR count). The van der Waals surface area contributed by atoms with Gasteiger partial charge in [-0.25, -0.2) is 0 Å². The van der Waals surface area contributed by atoms with Crippen LogP contribution in [-0.4, -0.2) is 22.7 Å². The van der Waals surface area contributed by atoms with Gasteiger partial charge >= 0.3 is 0 Å². The van der Waals surface area contributed by atoms with E-state index in [1.54, 1.807) is 0 Å². The highest BCUT2D eigenvalue weighted by molar-refractivity contribution is 5.85. The average molecular weight is 143 g/mol. The predicted molar refractivity (Wildman–Crippen MR) is 29.3 cm³/mol. The molecule has 0 aliphatic carbocycles. The molecule has 0 unspecified atom stereocenters. The molecule has 2 N–H and O–H groups in total. The summed E-state index contributed by atoms with van der Waals surface area (Å²) in [5, 5.41) is 14.3. The van der Waals surface area contributed by atoms with Gasteiger partial charge in [0.25, 0.3) is 12.4 Å². The van der Waals surface area contributed by atoms with Crippen LogP contribution in [0.1, 0.15) is 6.92 Å². The molecule has 0 radical (unpaired) electrons. The number of carboxylic acid groups (broad SMARTS) is 2. The van der Waals surface area contributed by atoms with Crippen LogP contribution in [-0.2, 0) is 9.59 Å². The number of hydrogen-bond acceptors (Lipinski definition) is 2. The second kappa shape index (κ2) is 16.3. The van der Waals surface area contributed by atoms with Crippen molar-refractivity contribution in [3.8, 4) is 0 Å². The Hall–Kier alpha value is -0.770. The number of hydrogen-bond donors (Lipinski definition) is 2. The van der Waals surface area contributed by atoms with Gasteiger partial charge < -0.3 is 10.2 Å². The molecular weight excluding hydrogens is 135 g/mol. The van der Waals surface area contributed by atoms with E-state index in [2.05, 4.69) is 0 Å². The van der Waals surface area contributed by atoms with Crippen molar-refractivity contribution in [2.24, 2.45) is 0 Å². The first-order chi connectivity index (χ1) is 3.15. The highest BCUT2D eigenvalue weighted by atomic mass is 35.5. The van der Waals surface area contributed by atoms with Crippen molar-refractivity contribution in [3.05, 3.63) is 0 Å². The van der Waals surface area contributed by atoms with Gasteiger partial charge in [-0.3, -0.25) is 9.59 Å². The Kier molecular flexibility index (Phi) is 32.0. The Labute approximate surface area is 52.5 Å². The molecular formula is C3H7ClO4. The fourth-order valence-corrected chi connectivity index (χ4v) is 0. The standard InChI is InChI=1S/C2H4O2.CH2O2.ClH/c1-2(3)4;2-1-3;/h1H3,(H,3,4);1H,(H,2,3);1H. The van der Waals surface area contributed by atoms with E-state index in [-0.39, 0.29) is 18.9 Å². The largest absolute Gasteiger partial charge is 0.483 e. The van der Waals surface area contributed by atoms with E-state index in [0.29, 0.717) is 0 Å². The highest BCUT2D eigenvalue weighted by Gasteiger charge is 1.65. The van der Waals surface area contributed by atoms with Gasteiger partial charge in [-0.1, -0.05) is 0 Å². The Balaban J connectivity index is -0.0000000575. The SMILES string of the molecule is CC(=O)O.Cl.O=CO. The molecule has 0 amide bonds. The second-order valence-electron chi connectivity index (χ2n) is 0.624. The molecule has 0 heterocycles. The highest BCUT2D eigenvalue weighted by Crippen LogP contribution is 1.42. The van der Waals surface area contributed by atoms with Gasteiger partial charge in [-0.15, -0.1) is 12.4 Å². The van der Waals surface area contributed by atoms with Crippen molar-refractivity contribution in [1.82, 2.24) is 0 Å². The van der Waals surface area contributed by atoms with Gasteiger partial charge in [-0.2, -0.15) is 0 Å². The van der Waals surface area contributed by atoms with Crippen LogP contribution in [0.15, 0.2) is 0 Å². The average Bonchev–Trinajstić information content (AvgIpc) is 1.33. The molecule has 0 aromatic carbocycles. The van der Waals surface area contributed by atoms with Crippen molar-refractivity contribution in [2.45, 2.75) is 6.92 Å². The molecule has 0 aliphatic rings. The number of carbonyl (C=O) groups is 2. The molecule has 8 heavy (non-hydrogen) atoms. The van der Waals surface area contributed by atoms with Crippen LogP contribution in [0.3, 0.4) is 0 Å². The van der Waals surface area contributed by atoms with Crippen LogP contribution in [0, 0.1) is 0 Å². The lowest BCUT2D eigenvalue weighted by molar-refractivity contribution is -0.134. The number of rotatable bonds is 0. The third kappa shape index (κ3) is 158.